The Kier molecular flexibility index (Phi) is 3.36. The number of rotatable bonds is 5. The van der Waals surface area contributed by atoms with E-state index in [2.05, 4.69) is 15.5 Å². The molecule has 0 spiro atoms. The Morgan fingerprint density at radius 1 is 1.06 bits per heavy atom. The van der Waals surface area contributed by atoms with E-state index in [1.165, 1.54) is 0 Å². The molecule has 0 unspecified atom stereocenters. The molecular weight excluding hydrogens is 202 g/mol. The Bertz CT molecular complexity index is 400. The molecule has 2 heterocycles. The Hall–Kier alpha value is -1.62. The van der Waals surface area contributed by atoms with Crippen molar-refractivity contribution < 1.29 is 0 Å². The highest BCUT2D eigenvalue weighted by Gasteiger charge is 1.98. The second-order valence-corrected chi connectivity index (χ2v) is 3.89. The summed E-state index contributed by atoms with van der Waals surface area (Å²) in [7, 11) is 3.86. The molecule has 0 aromatic carbocycles. The van der Waals surface area contributed by atoms with Crippen molar-refractivity contribution in [2.75, 3.05) is 6.54 Å². The van der Waals surface area contributed by atoms with Gasteiger partial charge >= 0.3 is 0 Å². The SMILES string of the molecule is Cn1ccc(CCNCc2ccn(C)n2)n1. The molecule has 0 saturated carbocycles. The molecule has 2 aromatic heterocycles. The van der Waals surface area contributed by atoms with Crippen LogP contribution >= 0.6 is 0 Å². The van der Waals surface area contributed by atoms with Gasteiger partial charge in [0.05, 0.1) is 11.4 Å². The third-order valence-corrected chi connectivity index (χ3v) is 2.40. The van der Waals surface area contributed by atoms with Crippen molar-refractivity contribution in [1.82, 2.24) is 24.9 Å². The Morgan fingerprint density at radius 2 is 1.69 bits per heavy atom. The number of hydrogen-bond acceptors (Lipinski definition) is 3. The maximum absolute atomic E-state index is 4.32. The summed E-state index contributed by atoms with van der Waals surface area (Å²) in [6.45, 7) is 1.74. The van der Waals surface area contributed by atoms with Crippen molar-refractivity contribution in [1.29, 1.82) is 0 Å². The zero-order valence-electron chi connectivity index (χ0n) is 9.72. The highest BCUT2D eigenvalue weighted by Crippen LogP contribution is 1.96. The van der Waals surface area contributed by atoms with Gasteiger partial charge in [-0.15, -0.1) is 0 Å². The first kappa shape index (κ1) is 10.9. The molecule has 0 saturated heterocycles. The third kappa shape index (κ3) is 2.93. The van der Waals surface area contributed by atoms with Gasteiger partial charge in [-0.1, -0.05) is 0 Å². The van der Waals surface area contributed by atoms with E-state index in [4.69, 9.17) is 0 Å². The fraction of sp³-hybridized carbons (Fsp3) is 0.455. The fourth-order valence-electron chi connectivity index (χ4n) is 1.59. The average Bonchev–Trinajstić information content (AvgIpc) is 2.83. The molecule has 0 amide bonds. The quantitative estimate of drug-likeness (QED) is 0.744. The average molecular weight is 219 g/mol. The Morgan fingerprint density at radius 3 is 2.25 bits per heavy atom. The third-order valence-electron chi connectivity index (χ3n) is 2.40. The first-order valence-corrected chi connectivity index (χ1v) is 5.42. The predicted octanol–water partition coefficient (Wildman–Crippen LogP) is 0.486. The van der Waals surface area contributed by atoms with Gasteiger partial charge in [-0.25, -0.2) is 0 Å². The van der Waals surface area contributed by atoms with Crippen LogP contribution in [0.2, 0.25) is 0 Å². The molecule has 86 valence electrons. The zero-order valence-corrected chi connectivity index (χ0v) is 9.72. The number of hydrogen-bond donors (Lipinski definition) is 1. The summed E-state index contributed by atoms with van der Waals surface area (Å²) in [6, 6.07) is 4.07. The van der Waals surface area contributed by atoms with Crippen LogP contribution < -0.4 is 5.32 Å². The van der Waals surface area contributed by atoms with Gasteiger partial charge < -0.3 is 5.32 Å². The molecule has 0 atom stereocenters. The molecule has 0 fully saturated rings. The second-order valence-electron chi connectivity index (χ2n) is 3.89. The van der Waals surface area contributed by atoms with E-state index in [0.29, 0.717) is 0 Å². The molecule has 0 aliphatic carbocycles. The summed E-state index contributed by atoms with van der Waals surface area (Å²) in [5, 5.41) is 12.0. The highest BCUT2D eigenvalue weighted by atomic mass is 15.3. The lowest BCUT2D eigenvalue weighted by Gasteiger charge is -2.00. The molecule has 0 aliphatic rings. The molecule has 5 nitrogen and oxygen atoms in total. The minimum atomic E-state index is 0.813. The lowest BCUT2D eigenvalue weighted by Crippen LogP contribution is -2.17. The standard InChI is InChI=1S/C11H17N5/c1-15-7-4-10(13-15)3-6-12-9-11-5-8-16(2)14-11/h4-5,7-8,12H,3,6,9H2,1-2H3. The van der Waals surface area contributed by atoms with Crippen molar-refractivity contribution in [3.63, 3.8) is 0 Å². The van der Waals surface area contributed by atoms with Crippen LogP contribution in [0.1, 0.15) is 11.4 Å². The zero-order chi connectivity index (χ0) is 11.4. The largest absolute Gasteiger partial charge is 0.311 e. The molecule has 0 bridgehead atoms. The topological polar surface area (TPSA) is 47.7 Å². The van der Waals surface area contributed by atoms with Crippen molar-refractivity contribution >= 4 is 0 Å². The van der Waals surface area contributed by atoms with Crippen molar-refractivity contribution in [2.24, 2.45) is 14.1 Å². The molecule has 5 heteroatoms. The predicted molar refractivity (Wildman–Crippen MR) is 61.8 cm³/mol. The van der Waals surface area contributed by atoms with Crippen LogP contribution in [0.25, 0.3) is 0 Å². The van der Waals surface area contributed by atoms with E-state index in [9.17, 15) is 0 Å². The molecule has 2 rings (SSSR count). The number of aromatic nitrogens is 4. The fourth-order valence-corrected chi connectivity index (χ4v) is 1.59. The lowest BCUT2D eigenvalue weighted by atomic mass is 10.3. The van der Waals surface area contributed by atoms with E-state index < -0.39 is 0 Å². The van der Waals surface area contributed by atoms with Gasteiger partial charge in [-0.3, -0.25) is 9.36 Å². The van der Waals surface area contributed by atoms with Crippen LogP contribution in [0.5, 0.6) is 0 Å². The maximum atomic E-state index is 4.32. The van der Waals surface area contributed by atoms with Crippen LogP contribution in [0, 0.1) is 0 Å². The van der Waals surface area contributed by atoms with Crippen LogP contribution in [0.4, 0.5) is 0 Å². The van der Waals surface area contributed by atoms with Gasteiger partial charge in [0, 0.05) is 46.0 Å². The molecule has 16 heavy (non-hydrogen) atoms. The summed E-state index contributed by atoms with van der Waals surface area (Å²) in [6.07, 6.45) is 4.87. The first-order valence-electron chi connectivity index (χ1n) is 5.42. The van der Waals surface area contributed by atoms with Crippen molar-refractivity contribution in [3.8, 4) is 0 Å². The lowest BCUT2D eigenvalue weighted by molar-refractivity contribution is 0.642. The van der Waals surface area contributed by atoms with Crippen molar-refractivity contribution in [2.45, 2.75) is 13.0 Å². The minimum absolute atomic E-state index is 0.813. The first-order chi connectivity index (χ1) is 7.74. The van der Waals surface area contributed by atoms with E-state index in [1.54, 1.807) is 0 Å². The Labute approximate surface area is 95.1 Å². The Balaban J connectivity index is 1.69. The summed E-state index contributed by atoms with van der Waals surface area (Å²) >= 11 is 0. The normalized spacial score (nSPS) is 10.9. The summed E-state index contributed by atoms with van der Waals surface area (Å²) in [4.78, 5) is 0. The van der Waals surface area contributed by atoms with Gasteiger partial charge in [-0.05, 0) is 12.1 Å². The highest BCUT2D eigenvalue weighted by molar-refractivity contribution is 5.00. The van der Waals surface area contributed by atoms with Gasteiger partial charge in [0.2, 0.25) is 0 Å². The van der Waals surface area contributed by atoms with Gasteiger partial charge in [-0.2, -0.15) is 10.2 Å². The van der Waals surface area contributed by atoms with E-state index in [0.717, 1.165) is 30.9 Å². The van der Waals surface area contributed by atoms with Crippen LogP contribution in [0.15, 0.2) is 24.5 Å². The van der Waals surface area contributed by atoms with Crippen LogP contribution in [-0.4, -0.2) is 26.1 Å². The molecule has 0 radical (unpaired) electrons. The van der Waals surface area contributed by atoms with E-state index in [-0.39, 0.29) is 0 Å². The van der Waals surface area contributed by atoms with E-state index in [1.807, 2.05) is 48.0 Å². The van der Waals surface area contributed by atoms with Gasteiger partial charge in [0.25, 0.3) is 0 Å². The summed E-state index contributed by atoms with van der Waals surface area (Å²) in [5.41, 5.74) is 2.19. The smallest absolute Gasteiger partial charge is 0.0762 e. The number of nitrogens with zero attached hydrogens (tertiary/aromatic N) is 4. The van der Waals surface area contributed by atoms with Crippen LogP contribution in [0.3, 0.4) is 0 Å². The monoisotopic (exact) mass is 219 g/mol. The van der Waals surface area contributed by atoms with Crippen molar-refractivity contribution in [3.05, 3.63) is 35.9 Å². The molecule has 1 N–H and O–H groups in total. The van der Waals surface area contributed by atoms with Gasteiger partial charge in [0.15, 0.2) is 0 Å². The van der Waals surface area contributed by atoms with Crippen LogP contribution in [-0.2, 0) is 27.1 Å². The molecule has 0 aliphatic heterocycles. The maximum Gasteiger partial charge on any atom is 0.0762 e. The minimum Gasteiger partial charge on any atom is -0.311 e. The number of nitrogens with one attached hydrogen (secondary N) is 1. The van der Waals surface area contributed by atoms with E-state index >= 15 is 0 Å². The number of aryl methyl sites for hydroxylation is 2. The molecule has 2 aromatic rings. The second kappa shape index (κ2) is 4.94. The summed E-state index contributed by atoms with van der Waals surface area (Å²) in [5.74, 6) is 0. The summed E-state index contributed by atoms with van der Waals surface area (Å²) < 4.78 is 3.64. The van der Waals surface area contributed by atoms with Gasteiger partial charge in [0.1, 0.15) is 0 Å². The molecular formula is C11H17N5.